The van der Waals surface area contributed by atoms with E-state index in [1.807, 2.05) is 0 Å². The number of nitro benzene ring substituents is 1. The van der Waals surface area contributed by atoms with E-state index in [0.29, 0.717) is 0 Å². The fourth-order valence-electron chi connectivity index (χ4n) is 1.86. The Labute approximate surface area is 127 Å². The molecule has 120 valence electrons. The summed E-state index contributed by atoms with van der Waals surface area (Å²) in [5.41, 5.74) is -0.506. The summed E-state index contributed by atoms with van der Waals surface area (Å²) in [6.07, 6.45) is 0. The van der Waals surface area contributed by atoms with E-state index >= 15 is 0 Å². The van der Waals surface area contributed by atoms with E-state index in [0.717, 1.165) is 0 Å². The molecule has 0 spiro atoms. The first-order chi connectivity index (χ1) is 10.5. The Bertz CT molecular complexity index is 552. The van der Waals surface area contributed by atoms with Crippen LogP contribution in [0.1, 0.15) is 25.3 Å². The van der Waals surface area contributed by atoms with Crippen molar-refractivity contribution in [3.05, 3.63) is 33.9 Å². The topological polar surface area (TPSA) is 105 Å². The van der Waals surface area contributed by atoms with Gasteiger partial charge < -0.3 is 14.2 Å². The van der Waals surface area contributed by atoms with Crippen molar-refractivity contribution in [1.82, 2.24) is 0 Å². The lowest BCUT2D eigenvalue weighted by Gasteiger charge is -2.15. The van der Waals surface area contributed by atoms with Crippen LogP contribution in [0.15, 0.2) is 18.2 Å². The number of esters is 2. The van der Waals surface area contributed by atoms with Crippen LogP contribution < -0.4 is 4.74 Å². The number of hydrogen-bond donors (Lipinski definition) is 0. The monoisotopic (exact) mass is 311 g/mol. The number of nitrogens with zero attached hydrogens (tertiary/aromatic N) is 1. The third-order valence-corrected chi connectivity index (χ3v) is 2.79. The molecule has 1 aromatic rings. The first-order valence-corrected chi connectivity index (χ1v) is 6.61. The molecule has 1 rings (SSSR count). The number of methoxy groups -OCH3 is 1. The maximum absolute atomic E-state index is 12.0. The maximum Gasteiger partial charge on any atom is 0.325 e. The van der Waals surface area contributed by atoms with E-state index in [2.05, 4.69) is 0 Å². The minimum atomic E-state index is -1.53. The zero-order valence-electron chi connectivity index (χ0n) is 12.5. The highest BCUT2D eigenvalue weighted by atomic mass is 16.6. The van der Waals surface area contributed by atoms with E-state index < -0.39 is 22.8 Å². The Hall–Kier alpha value is -2.64. The number of carbonyl (C=O) groups excluding carboxylic acids is 2. The standard InChI is InChI=1S/C14H17NO7/c1-4-21-13(16)12(14(17)22-5-2)10-8-9(20-3)6-7-11(10)15(18)19/h6-8,12H,4-5H2,1-3H3. The number of rotatable bonds is 7. The van der Waals surface area contributed by atoms with Gasteiger partial charge in [-0.05, 0) is 26.0 Å². The summed E-state index contributed by atoms with van der Waals surface area (Å²) in [6, 6.07) is 3.80. The molecule has 0 N–H and O–H groups in total. The molecule has 0 fully saturated rings. The molecule has 8 heteroatoms. The average molecular weight is 311 g/mol. The van der Waals surface area contributed by atoms with Gasteiger partial charge in [-0.25, -0.2) is 0 Å². The van der Waals surface area contributed by atoms with E-state index in [1.165, 1.54) is 25.3 Å². The number of hydrogen-bond acceptors (Lipinski definition) is 7. The fourth-order valence-corrected chi connectivity index (χ4v) is 1.86. The summed E-state index contributed by atoms with van der Waals surface area (Å²) in [7, 11) is 1.37. The second kappa shape index (κ2) is 7.96. The normalized spacial score (nSPS) is 10.2. The lowest BCUT2D eigenvalue weighted by atomic mass is 9.97. The Morgan fingerprint density at radius 2 is 1.73 bits per heavy atom. The second-order valence-corrected chi connectivity index (χ2v) is 4.12. The summed E-state index contributed by atoms with van der Waals surface area (Å²) in [5.74, 6) is -3.07. The largest absolute Gasteiger partial charge is 0.497 e. The molecule has 0 aliphatic rings. The third kappa shape index (κ3) is 3.94. The van der Waals surface area contributed by atoms with Crippen molar-refractivity contribution in [1.29, 1.82) is 0 Å². The average Bonchev–Trinajstić information content (AvgIpc) is 2.47. The molecule has 0 heterocycles. The molecule has 0 saturated carbocycles. The van der Waals surface area contributed by atoms with Gasteiger partial charge in [0.2, 0.25) is 0 Å². The van der Waals surface area contributed by atoms with Crippen LogP contribution in [-0.4, -0.2) is 37.2 Å². The minimum Gasteiger partial charge on any atom is -0.497 e. The van der Waals surface area contributed by atoms with E-state index in [1.54, 1.807) is 13.8 Å². The van der Waals surface area contributed by atoms with Gasteiger partial charge in [0.25, 0.3) is 5.69 Å². The molecule has 0 aliphatic heterocycles. The molecule has 0 bridgehead atoms. The zero-order valence-corrected chi connectivity index (χ0v) is 12.5. The van der Waals surface area contributed by atoms with E-state index in [9.17, 15) is 19.7 Å². The Kier molecular flexibility index (Phi) is 6.30. The van der Waals surface area contributed by atoms with Crippen molar-refractivity contribution < 1.29 is 28.7 Å². The van der Waals surface area contributed by atoms with E-state index in [-0.39, 0.29) is 30.2 Å². The van der Waals surface area contributed by atoms with Gasteiger partial charge in [0.05, 0.1) is 30.8 Å². The highest BCUT2D eigenvalue weighted by Crippen LogP contribution is 2.32. The lowest BCUT2D eigenvalue weighted by Crippen LogP contribution is -2.27. The van der Waals surface area contributed by atoms with Gasteiger partial charge >= 0.3 is 11.9 Å². The number of benzene rings is 1. The Morgan fingerprint density at radius 3 is 2.14 bits per heavy atom. The van der Waals surface area contributed by atoms with E-state index in [4.69, 9.17) is 14.2 Å². The first-order valence-electron chi connectivity index (χ1n) is 6.61. The van der Waals surface area contributed by atoms with Gasteiger partial charge in [0.15, 0.2) is 5.92 Å². The maximum atomic E-state index is 12.0. The van der Waals surface area contributed by atoms with Crippen LogP contribution in [0.3, 0.4) is 0 Å². The minimum absolute atomic E-state index is 0.0342. The van der Waals surface area contributed by atoms with Gasteiger partial charge in [0, 0.05) is 6.07 Å². The van der Waals surface area contributed by atoms with Gasteiger partial charge in [-0.1, -0.05) is 0 Å². The molecule has 1 aromatic carbocycles. The lowest BCUT2D eigenvalue weighted by molar-refractivity contribution is -0.385. The SMILES string of the molecule is CCOC(=O)C(C(=O)OCC)c1cc(OC)ccc1[N+](=O)[O-]. The van der Waals surface area contributed by atoms with Gasteiger partial charge in [0.1, 0.15) is 5.75 Å². The van der Waals surface area contributed by atoms with Crippen LogP contribution in [0.5, 0.6) is 5.75 Å². The summed E-state index contributed by atoms with van der Waals surface area (Å²) in [5, 5.41) is 11.1. The highest BCUT2D eigenvalue weighted by Gasteiger charge is 2.37. The van der Waals surface area contributed by atoms with Crippen molar-refractivity contribution >= 4 is 17.6 Å². The van der Waals surface area contributed by atoms with Crippen molar-refractivity contribution in [3.63, 3.8) is 0 Å². The number of carbonyl (C=O) groups is 2. The Morgan fingerprint density at radius 1 is 1.18 bits per heavy atom. The predicted molar refractivity (Wildman–Crippen MR) is 75.7 cm³/mol. The van der Waals surface area contributed by atoms with Crippen LogP contribution in [0.2, 0.25) is 0 Å². The van der Waals surface area contributed by atoms with Crippen LogP contribution in [0.4, 0.5) is 5.69 Å². The number of ether oxygens (including phenoxy) is 3. The van der Waals surface area contributed by atoms with Crippen molar-refractivity contribution in [2.75, 3.05) is 20.3 Å². The molecule has 0 atom stereocenters. The predicted octanol–water partition coefficient (Wildman–Crippen LogP) is 1.81. The van der Waals surface area contributed by atoms with Crippen molar-refractivity contribution in [2.45, 2.75) is 19.8 Å². The molecule has 0 unspecified atom stereocenters. The van der Waals surface area contributed by atoms with Crippen LogP contribution >= 0.6 is 0 Å². The molecule has 0 aliphatic carbocycles. The quantitative estimate of drug-likeness (QED) is 0.327. The molecular formula is C14H17NO7. The van der Waals surface area contributed by atoms with Gasteiger partial charge in [-0.2, -0.15) is 0 Å². The summed E-state index contributed by atoms with van der Waals surface area (Å²) < 4.78 is 14.7. The van der Waals surface area contributed by atoms with Crippen molar-refractivity contribution in [3.8, 4) is 5.75 Å². The molecular weight excluding hydrogens is 294 g/mol. The zero-order chi connectivity index (χ0) is 16.7. The fraction of sp³-hybridized carbons (Fsp3) is 0.429. The first kappa shape index (κ1) is 17.4. The van der Waals surface area contributed by atoms with Crippen LogP contribution in [-0.2, 0) is 19.1 Å². The van der Waals surface area contributed by atoms with Crippen molar-refractivity contribution in [2.24, 2.45) is 0 Å². The molecule has 0 radical (unpaired) electrons. The molecule has 0 saturated heterocycles. The molecule has 0 aromatic heterocycles. The molecule has 8 nitrogen and oxygen atoms in total. The summed E-state index contributed by atoms with van der Waals surface area (Å²) in [4.78, 5) is 34.6. The smallest absolute Gasteiger partial charge is 0.325 e. The summed E-state index contributed by atoms with van der Waals surface area (Å²) in [6.45, 7) is 3.21. The number of nitro groups is 1. The molecule has 0 amide bonds. The third-order valence-electron chi connectivity index (χ3n) is 2.79. The Balaban J connectivity index is 3.41. The van der Waals surface area contributed by atoms with Crippen LogP contribution in [0.25, 0.3) is 0 Å². The summed E-state index contributed by atoms with van der Waals surface area (Å²) >= 11 is 0. The van der Waals surface area contributed by atoms with Gasteiger partial charge in [-0.3, -0.25) is 19.7 Å². The highest BCUT2D eigenvalue weighted by molar-refractivity contribution is 6.01. The van der Waals surface area contributed by atoms with Gasteiger partial charge in [-0.15, -0.1) is 0 Å². The van der Waals surface area contributed by atoms with Crippen LogP contribution in [0, 0.1) is 10.1 Å². The molecule has 22 heavy (non-hydrogen) atoms. The second-order valence-electron chi connectivity index (χ2n) is 4.12.